The van der Waals surface area contributed by atoms with E-state index in [0.29, 0.717) is 0 Å². The first-order valence-corrected chi connectivity index (χ1v) is 7.19. The van der Waals surface area contributed by atoms with Crippen molar-refractivity contribution in [3.63, 3.8) is 0 Å². The van der Waals surface area contributed by atoms with E-state index < -0.39 is 0 Å². The Labute approximate surface area is 112 Å². The Balaban J connectivity index is 1.99. The van der Waals surface area contributed by atoms with Gasteiger partial charge < -0.3 is 10.6 Å². The summed E-state index contributed by atoms with van der Waals surface area (Å²) < 4.78 is 0. The maximum Gasteiger partial charge on any atom is 0.0550 e. The van der Waals surface area contributed by atoms with E-state index in [1.807, 2.05) is 23.7 Å². The molecule has 2 heterocycles. The molecule has 2 N–H and O–H groups in total. The Morgan fingerprint density at radius 2 is 1.94 bits per heavy atom. The van der Waals surface area contributed by atoms with Gasteiger partial charge in [0.1, 0.15) is 0 Å². The zero-order valence-corrected chi connectivity index (χ0v) is 11.7. The zero-order chi connectivity index (χ0) is 12.8. The molecular weight excluding hydrogens is 242 g/mol. The minimum absolute atomic E-state index is 0.873. The van der Waals surface area contributed by atoms with Crippen molar-refractivity contribution in [1.29, 1.82) is 0 Å². The van der Waals surface area contributed by atoms with Crippen molar-refractivity contribution >= 4 is 22.7 Å². The number of aromatic nitrogens is 1. The summed E-state index contributed by atoms with van der Waals surface area (Å²) in [5, 5.41) is 8.85. The molecule has 2 aromatic rings. The molecule has 0 fully saturated rings. The van der Waals surface area contributed by atoms with Crippen LogP contribution in [0.1, 0.15) is 24.3 Å². The lowest BCUT2D eigenvalue weighted by Crippen LogP contribution is -2.02. The van der Waals surface area contributed by atoms with E-state index in [0.717, 1.165) is 30.9 Å². The van der Waals surface area contributed by atoms with Crippen molar-refractivity contribution < 1.29 is 0 Å². The maximum absolute atomic E-state index is 4.22. The van der Waals surface area contributed by atoms with Crippen molar-refractivity contribution in [1.82, 2.24) is 4.98 Å². The highest BCUT2D eigenvalue weighted by atomic mass is 32.1. The lowest BCUT2D eigenvalue weighted by Gasteiger charge is -2.08. The van der Waals surface area contributed by atoms with Gasteiger partial charge in [0, 0.05) is 18.0 Å². The molecule has 0 aliphatic carbocycles. The van der Waals surface area contributed by atoms with Crippen molar-refractivity contribution in [3.8, 4) is 0 Å². The Bertz CT molecular complexity index is 493. The number of nitrogens with one attached hydrogen (secondary N) is 2. The van der Waals surface area contributed by atoms with Gasteiger partial charge in [0.25, 0.3) is 0 Å². The molecule has 0 amide bonds. The van der Waals surface area contributed by atoms with Gasteiger partial charge in [0.05, 0.1) is 23.8 Å². The number of hydrogen-bond acceptors (Lipinski definition) is 4. The van der Waals surface area contributed by atoms with Crippen molar-refractivity contribution in [2.24, 2.45) is 0 Å². The first kappa shape index (κ1) is 12.9. The van der Waals surface area contributed by atoms with Crippen LogP contribution in [0.25, 0.3) is 0 Å². The number of aryl methyl sites for hydroxylation is 1. The minimum atomic E-state index is 0.873. The van der Waals surface area contributed by atoms with Crippen LogP contribution in [0, 0.1) is 0 Å². The van der Waals surface area contributed by atoms with Crippen molar-refractivity contribution in [2.45, 2.75) is 26.8 Å². The van der Waals surface area contributed by atoms with Crippen LogP contribution in [0.2, 0.25) is 0 Å². The molecule has 96 valence electrons. The van der Waals surface area contributed by atoms with E-state index in [2.05, 4.69) is 47.0 Å². The molecule has 0 spiro atoms. The average Bonchev–Trinajstić information content (AvgIpc) is 2.84. The highest BCUT2D eigenvalue weighted by Gasteiger charge is 2.02. The largest absolute Gasteiger partial charge is 0.384 e. The van der Waals surface area contributed by atoms with Gasteiger partial charge in [-0.25, -0.2) is 0 Å². The summed E-state index contributed by atoms with van der Waals surface area (Å²) in [6, 6.07) is 4.30. The summed E-state index contributed by atoms with van der Waals surface area (Å²) in [7, 11) is 0. The molecule has 0 bridgehead atoms. The normalized spacial score (nSPS) is 10.3. The van der Waals surface area contributed by atoms with Gasteiger partial charge in [-0.1, -0.05) is 6.92 Å². The molecule has 0 unspecified atom stereocenters. The third-order valence-corrected chi connectivity index (χ3v) is 3.75. The molecule has 0 aliphatic heterocycles. The third-order valence-electron chi connectivity index (χ3n) is 2.79. The molecule has 0 saturated heterocycles. The topological polar surface area (TPSA) is 37.0 Å². The van der Waals surface area contributed by atoms with E-state index in [1.54, 1.807) is 0 Å². The lowest BCUT2D eigenvalue weighted by atomic mass is 10.2. The van der Waals surface area contributed by atoms with Crippen molar-refractivity contribution in [3.05, 3.63) is 40.3 Å². The van der Waals surface area contributed by atoms with E-state index in [9.17, 15) is 0 Å². The maximum atomic E-state index is 4.22. The molecule has 0 radical (unpaired) electrons. The van der Waals surface area contributed by atoms with Gasteiger partial charge in [-0.15, -0.1) is 11.3 Å². The predicted molar refractivity (Wildman–Crippen MR) is 79.4 cm³/mol. The van der Waals surface area contributed by atoms with Crippen LogP contribution in [0.15, 0.2) is 29.9 Å². The van der Waals surface area contributed by atoms with Crippen LogP contribution < -0.4 is 10.6 Å². The van der Waals surface area contributed by atoms with Gasteiger partial charge in [-0.05, 0) is 36.4 Å². The summed E-state index contributed by atoms with van der Waals surface area (Å²) in [5.41, 5.74) is 3.55. The fraction of sp³-hybridized carbons (Fsp3) is 0.357. The van der Waals surface area contributed by atoms with Crippen LogP contribution in [-0.2, 0) is 13.0 Å². The zero-order valence-electron chi connectivity index (χ0n) is 10.9. The Kier molecular flexibility index (Phi) is 4.59. The molecule has 0 aromatic carbocycles. The first-order valence-electron chi connectivity index (χ1n) is 6.31. The Morgan fingerprint density at radius 3 is 2.67 bits per heavy atom. The third kappa shape index (κ3) is 3.23. The lowest BCUT2D eigenvalue weighted by molar-refractivity contribution is 1.08. The second-order valence-corrected chi connectivity index (χ2v) is 5.07. The Hall–Kier alpha value is -1.55. The van der Waals surface area contributed by atoms with Gasteiger partial charge in [-0.2, -0.15) is 0 Å². The number of nitrogens with zero attached hydrogens (tertiary/aromatic N) is 1. The average molecular weight is 261 g/mol. The molecule has 0 atom stereocenters. The molecule has 0 aliphatic rings. The fourth-order valence-corrected chi connectivity index (χ4v) is 2.77. The van der Waals surface area contributed by atoms with E-state index in [-0.39, 0.29) is 0 Å². The van der Waals surface area contributed by atoms with E-state index in [4.69, 9.17) is 0 Å². The van der Waals surface area contributed by atoms with Crippen LogP contribution in [0.4, 0.5) is 11.4 Å². The smallest absolute Gasteiger partial charge is 0.0550 e. The quantitative estimate of drug-likeness (QED) is 0.831. The molecular formula is C14H19N3S. The number of thiophene rings is 1. The van der Waals surface area contributed by atoms with Gasteiger partial charge in [-0.3, -0.25) is 4.98 Å². The first-order chi connectivity index (χ1) is 8.83. The van der Waals surface area contributed by atoms with Gasteiger partial charge >= 0.3 is 0 Å². The number of hydrogen-bond donors (Lipinski definition) is 2. The summed E-state index contributed by atoms with van der Waals surface area (Å²) in [6.45, 7) is 6.06. The fourth-order valence-electron chi connectivity index (χ4n) is 1.86. The summed E-state index contributed by atoms with van der Waals surface area (Å²) in [6.07, 6.45) is 4.80. The Morgan fingerprint density at radius 1 is 1.17 bits per heavy atom. The number of pyridine rings is 1. The molecule has 2 aromatic heterocycles. The van der Waals surface area contributed by atoms with Gasteiger partial charge in [0.2, 0.25) is 0 Å². The van der Waals surface area contributed by atoms with E-state index >= 15 is 0 Å². The summed E-state index contributed by atoms with van der Waals surface area (Å²) in [4.78, 5) is 5.63. The van der Waals surface area contributed by atoms with Crippen LogP contribution in [0.5, 0.6) is 0 Å². The van der Waals surface area contributed by atoms with Crippen LogP contribution >= 0.6 is 11.3 Å². The number of rotatable bonds is 6. The monoisotopic (exact) mass is 261 g/mol. The summed E-state index contributed by atoms with van der Waals surface area (Å²) in [5.74, 6) is 0. The highest BCUT2D eigenvalue weighted by molar-refractivity contribution is 7.10. The number of anilines is 2. The molecule has 2 rings (SSSR count). The van der Waals surface area contributed by atoms with Crippen LogP contribution in [0.3, 0.4) is 0 Å². The van der Waals surface area contributed by atoms with Gasteiger partial charge in [0.15, 0.2) is 0 Å². The molecule has 0 saturated carbocycles. The highest BCUT2D eigenvalue weighted by Crippen LogP contribution is 2.20. The second kappa shape index (κ2) is 6.40. The van der Waals surface area contributed by atoms with Crippen LogP contribution in [-0.4, -0.2) is 11.5 Å². The SMILES string of the molecule is CCNc1cncc(NCc2sccc2CC)c1. The molecule has 3 nitrogen and oxygen atoms in total. The summed E-state index contributed by atoms with van der Waals surface area (Å²) >= 11 is 1.81. The second-order valence-electron chi connectivity index (χ2n) is 4.07. The van der Waals surface area contributed by atoms with E-state index in [1.165, 1.54) is 10.4 Å². The molecule has 18 heavy (non-hydrogen) atoms. The molecule has 4 heteroatoms. The van der Waals surface area contributed by atoms with Crippen molar-refractivity contribution in [2.75, 3.05) is 17.2 Å². The predicted octanol–water partition coefficient (Wildman–Crippen LogP) is 3.75. The standard InChI is InChI=1S/C14H19N3S/c1-3-11-5-6-18-14(11)10-17-13-7-12(16-4-2)8-15-9-13/h5-9,16-17H,3-4,10H2,1-2H3. The minimum Gasteiger partial charge on any atom is -0.384 e.